The highest BCUT2D eigenvalue weighted by Crippen LogP contribution is 2.34. The van der Waals surface area contributed by atoms with Crippen LogP contribution in [-0.4, -0.2) is 37.7 Å². The summed E-state index contributed by atoms with van der Waals surface area (Å²) in [5, 5.41) is 6.66. The lowest BCUT2D eigenvalue weighted by Gasteiger charge is -2.19. The van der Waals surface area contributed by atoms with Crippen LogP contribution in [0.3, 0.4) is 0 Å². The Balaban J connectivity index is 1.89. The van der Waals surface area contributed by atoms with E-state index in [4.69, 9.17) is 0 Å². The van der Waals surface area contributed by atoms with Gasteiger partial charge in [0.05, 0.1) is 0 Å². The Bertz CT molecular complexity index is 486. The highest BCUT2D eigenvalue weighted by atomic mass is 31.1. The quantitative estimate of drug-likeness (QED) is 0.502. The van der Waals surface area contributed by atoms with E-state index in [-0.39, 0.29) is 15.8 Å². The van der Waals surface area contributed by atoms with Crippen molar-refractivity contribution in [1.29, 1.82) is 0 Å². The molecule has 0 saturated carbocycles. The third-order valence-corrected chi connectivity index (χ3v) is 9.31. The molecule has 0 unspecified atom stereocenters. The molecule has 1 N–H and O–H groups in total. The van der Waals surface area contributed by atoms with Crippen LogP contribution in [0.5, 0.6) is 0 Å². The van der Waals surface area contributed by atoms with Crippen LogP contribution >= 0.6 is 15.8 Å². The van der Waals surface area contributed by atoms with Gasteiger partial charge >= 0.3 is 0 Å². The van der Waals surface area contributed by atoms with E-state index < -0.39 is 0 Å². The maximum atomic E-state index is 3.69. The molecule has 0 aliphatic rings. The van der Waals surface area contributed by atoms with Crippen LogP contribution in [0.15, 0.2) is 60.7 Å². The smallest absolute Gasteiger partial charge is 0.000333 e. The van der Waals surface area contributed by atoms with Gasteiger partial charge in [0.1, 0.15) is 0 Å². The zero-order valence-electron chi connectivity index (χ0n) is 14.4. The van der Waals surface area contributed by atoms with Gasteiger partial charge in [-0.1, -0.05) is 74.5 Å². The highest BCUT2D eigenvalue weighted by molar-refractivity contribution is 7.73. The summed E-state index contributed by atoms with van der Waals surface area (Å²) in [6.45, 7) is 6.96. The average molecular weight is 345 g/mol. The maximum absolute atomic E-state index is 3.69. The monoisotopic (exact) mass is 345 g/mol. The minimum Gasteiger partial charge on any atom is -0.316 e. The summed E-state index contributed by atoms with van der Waals surface area (Å²) in [5.41, 5.74) is 0. The molecular weight excluding hydrogens is 316 g/mol. The van der Waals surface area contributed by atoms with Gasteiger partial charge in [0.2, 0.25) is 0 Å². The van der Waals surface area contributed by atoms with Crippen molar-refractivity contribution in [3.8, 4) is 0 Å². The molecule has 2 aromatic carbocycles. The zero-order valence-corrected chi connectivity index (χ0v) is 16.2. The first-order valence-electron chi connectivity index (χ1n) is 8.65. The van der Waals surface area contributed by atoms with Crippen molar-refractivity contribution in [2.75, 3.05) is 37.7 Å². The van der Waals surface area contributed by atoms with Crippen LogP contribution in [0.4, 0.5) is 0 Å². The average Bonchev–Trinajstić information content (AvgIpc) is 2.63. The van der Waals surface area contributed by atoms with Crippen LogP contribution in [-0.2, 0) is 0 Å². The van der Waals surface area contributed by atoms with Gasteiger partial charge in [0.25, 0.3) is 0 Å². The first-order chi connectivity index (χ1) is 11.3. The van der Waals surface area contributed by atoms with Gasteiger partial charge in [-0.25, -0.2) is 0 Å². The normalized spacial score (nSPS) is 11.3. The fourth-order valence-electron chi connectivity index (χ4n) is 2.72. The van der Waals surface area contributed by atoms with E-state index in [9.17, 15) is 0 Å². The largest absolute Gasteiger partial charge is 0.316 e. The van der Waals surface area contributed by atoms with E-state index >= 15 is 0 Å². The van der Waals surface area contributed by atoms with Crippen molar-refractivity contribution < 1.29 is 0 Å². The second-order valence-corrected chi connectivity index (χ2v) is 11.0. The summed E-state index contributed by atoms with van der Waals surface area (Å²) < 4.78 is 0. The molecule has 1 nitrogen and oxygen atoms in total. The lowest BCUT2D eigenvalue weighted by Crippen LogP contribution is -2.25. The summed E-state index contributed by atoms with van der Waals surface area (Å²) in [5.74, 6) is 0. The maximum Gasteiger partial charge on any atom is -0.000333 e. The Morgan fingerprint density at radius 3 is 1.65 bits per heavy atom. The number of benzene rings is 2. The number of rotatable bonds is 10. The van der Waals surface area contributed by atoms with Crippen molar-refractivity contribution in [3.05, 3.63) is 60.7 Å². The molecule has 0 aliphatic heterocycles. The summed E-state index contributed by atoms with van der Waals surface area (Å²) in [7, 11) is 0.0197. The van der Waals surface area contributed by atoms with Crippen LogP contribution in [0.2, 0.25) is 0 Å². The number of hydrogen-bond acceptors (Lipinski definition) is 1. The van der Waals surface area contributed by atoms with Gasteiger partial charge in [0.15, 0.2) is 0 Å². The van der Waals surface area contributed by atoms with Crippen molar-refractivity contribution in [3.63, 3.8) is 0 Å². The fraction of sp³-hybridized carbons (Fsp3) is 0.400. The minimum absolute atomic E-state index is 0.247. The SMILES string of the molecule is CCP(CC)CCNCCP(c1ccccc1)c1ccccc1. The second-order valence-electron chi connectivity index (χ2n) is 5.60. The number of nitrogens with one attached hydrogen (secondary N) is 1. The molecule has 0 aromatic heterocycles. The van der Waals surface area contributed by atoms with Crippen LogP contribution in [0.25, 0.3) is 0 Å². The van der Waals surface area contributed by atoms with E-state index in [2.05, 4.69) is 79.8 Å². The van der Waals surface area contributed by atoms with Gasteiger partial charge in [-0.2, -0.15) is 0 Å². The van der Waals surface area contributed by atoms with E-state index in [0.717, 1.165) is 6.54 Å². The molecule has 0 radical (unpaired) electrons. The molecule has 0 spiro atoms. The topological polar surface area (TPSA) is 12.0 Å². The molecule has 0 bridgehead atoms. The third kappa shape index (κ3) is 6.34. The Hall–Kier alpha value is -0.740. The minimum atomic E-state index is -0.247. The summed E-state index contributed by atoms with van der Waals surface area (Å²) >= 11 is 0. The summed E-state index contributed by atoms with van der Waals surface area (Å²) in [6, 6.07) is 22.0. The van der Waals surface area contributed by atoms with E-state index in [1.54, 1.807) is 0 Å². The van der Waals surface area contributed by atoms with E-state index in [0.29, 0.717) is 0 Å². The molecular formula is C20H29NP2. The first kappa shape index (κ1) is 18.6. The molecule has 2 rings (SSSR count). The van der Waals surface area contributed by atoms with Crippen molar-refractivity contribution in [2.45, 2.75) is 13.8 Å². The Morgan fingerprint density at radius 2 is 1.17 bits per heavy atom. The number of hydrogen-bond donors (Lipinski definition) is 1. The van der Waals surface area contributed by atoms with Crippen LogP contribution in [0.1, 0.15) is 13.8 Å². The third-order valence-electron chi connectivity index (χ3n) is 4.15. The standard InChI is InChI=1S/C20H29NP2/c1-3-22(4-2)17-15-21-16-18-23(19-11-7-5-8-12-19)20-13-9-6-10-14-20/h5-14,21H,3-4,15-18H2,1-2H3. The Labute approximate surface area is 144 Å². The lowest BCUT2D eigenvalue weighted by atomic mass is 10.4. The van der Waals surface area contributed by atoms with Gasteiger partial charge in [-0.15, -0.1) is 7.92 Å². The molecule has 3 heteroatoms. The van der Waals surface area contributed by atoms with E-state index in [1.807, 2.05) is 0 Å². The van der Waals surface area contributed by atoms with Crippen molar-refractivity contribution >= 4 is 26.5 Å². The molecule has 0 saturated heterocycles. The summed E-state index contributed by atoms with van der Waals surface area (Å²) in [4.78, 5) is 0. The zero-order chi connectivity index (χ0) is 16.3. The van der Waals surface area contributed by atoms with Gasteiger partial charge in [-0.3, -0.25) is 0 Å². The predicted octanol–water partition coefficient (Wildman–Crippen LogP) is 4.23. The predicted molar refractivity (Wildman–Crippen MR) is 110 cm³/mol. The molecule has 124 valence electrons. The van der Waals surface area contributed by atoms with Crippen molar-refractivity contribution in [2.24, 2.45) is 0 Å². The van der Waals surface area contributed by atoms with Gasteiger partial charge in [-0.05, 0) is 56.3 Å². The molecule has 0 heterocycles. The Kier molecular flexibility index (Phi) is 8.83. The Morgan fingerprint density at radius 1 is 0.696 bits per heavy atom. The molecule has 2 aromatic rings. The second kappa shape index (κ2) is 10.9. The van der Waals surface area contributed by atoms with Crippen molar-refractivity contribution in [1.82, 2.24) is 5.32 Å². The lowest BCUT2D eigenvalue weighted by molar-refractivity contribution is 0.770. The molecule has 0 atom stereocenters. The highest BCUT2D eigenvalue weighted by Gasteiger charge is 2.12. The van der Waals surface area contributed by atoms with Gasteiger partial charge in [0, 0.05) is 0 Å². The molecule has 0 amide bonds. The summed E-state index contributed by atoms with van der Waals surface area (Å²) in [6.07, 6.45) is 5.33. The van der Waals surface area contributed by atoms with Crippen LogP contribution < -0.4 is 15.9 Å². The fourth-order valence-corrected chi connectivity index (χ4v) is 6.53. The molecule has 0 aliphatic carbocycles. The van der Waals surface area contributed by atoms with E-state index in [1.165, 1.54) is 41.8 Å². The first-order valence-corrected chi connectivity index (χ1v) is 12.1. The molecule has 0 fully saturated rings. The van der Waals surface area contributed by atoms with Gasteiger partial charge < -0.3 is 5.32 Å². The van der Waals surface area contributed by atoms with Crippen LogP contribution in [0, 0.1) is 0 Å². The molecule has 23 heavy (non-hydrogen) atoms.